The first kappa shape index (κ1) is 18.7. The van der Waals surface area contributed by atoms with Crippen LogP contribution in [-0.2, 0) is 14.3 Å². The Morgan fingerprint density at radius 1 is 1.13 bits per heavy atom. The molecule has 1 atom stereocenters. The summed E-state index contributed by atoms with van der Waals surface area (Å²) in [4.78, 5) is 35.4. The van der Waals surface area contributed by atoms with Crippen molar-refractivity contribution < 1.29 is 19.1 Å². The van der Waals surface area contributed by atoms with Gasteiger partial charge in [0.2, 0.25) is 5.91 Å². The summed E-state index contributed by atoms with van der Waals surface area (Å²) in [7, 11) is 0. The molecule has 0 heterocycles. The number of aryl methyl sites for hydroxylation is 3. The quantitative estimate of drug-likeness (QED) is 0.776. The standard InChI is InChI=1S/C17H24N2O4/c1-6-18-16(21)13(5)19-14(20)9-23-17(22)15-11(3)7-10(2)8-12(15)4/h7-8,13H,6,9H2,1-5H3,(H,18,21)(H,19,20)/t13-/m1/s1. The largest absolute Gasteiger partial charge is 0.452 e. The molecule has 0 unspecified atom stereocenters. The highest BCUT2D eigenvalue weighted by atomic mass is 16.5. The van der Waals surface area contributed by atoms with Gasteiger partial charge in [0.05, 0.1) is 5.56 Å². The van der Waals surface area contributed by atoms with E-state index in [-0.39, 0.29) is 5.91 Å². The highest BCUT2D eigenvalue weighted by molar-refractivity contribution is 5.94. The summed E-state index contributed by atoms with van der Waals surface area (Å²) in [5.74, 6) is -1.34. The highest BCUT2D eigenvalue weighted by Gasteiger charge is 2.18. The number of carbonyl (C=O) groups is 3. The minimum atomic E-state index is -0.677. The monoisotopic (exact) mass is 320 g/mol. The number of ether oxygens (including phenoxy) is 1. The third-order valence-corrected chi connectivity index (χ3v) is 3.34. The number of esters is 1. The van der Waals surface area contributed by atoms with Gasteiger partial charge in [0, 0.05) is 6.54 Å². The second-order valence-electron chi connectivity index (χ2n) is 5.53. The molecule has 0 fully saturated rings. The molecule has 0 aliphatic heterocycles. The van der Waals surface area contributed by atoms with Crippen LogP contribution in [0.15, 0.2) is 12.1 Å². The van der Waals surface area contributed by atoms with E-state index < -0.39 is 24.5 Å². The molecule has 0 aliphatic rings. The lowest BCUT2D eigenvalue weighted by molar-refractivity contribution is -0.130. The summed E-state index contributed by atoms with van der Waals surface area (Å²) < 4.78 is 5.05. The molecular weight excluding hydrogens is 296 g/mol. The molecule has 0 aliphatic carbocycles. The molecule has 0 saturated carbocycles. The van der Waals surface area contributed by atoms with Crippen LogP contribution in [0.25, 0.3) is 0 Å². The summed E-state index contributed by atoms with van der Waals surface area (Å²) in [5, 5.41) is 5.08. The number of likely N-dealkylation sites (N-methyl/N-ethyl adjacent to an activating group) is 1. The Morgan fingerprint density at radius 2 is 1.70 bits per heavy atom. The maximum Gasteiger partial charge on any atom is 0.339 e. The second kappa shape index (κ2) is 8.31. The summed E-state index contributed by atoms with van der Waals surface area (Å²) in [6.45, 7) is 9.03. The van der Waals surface area contributed by atoms with E-state index in [1.165, 1.54) is 0 Å². The van der Waals surface area contributed by atoms with Crippen LogP contribution in [0.2, 0.25) is 0 Å². The Bertz CT molecular complexity index is 588. The Kier molecular flexibility index (Phi) is 6.75. The van der Waals surface area contributed by atoms with Crippen LogP contribution in [0, 0.1) is 20.8 Å². The fraction of sp³-hybridized carbons (Fsp3) is 0.471. The van der Waals surface area contributed by atoms with Gasteiger partial charge in [-0.1, -0.05) is 17.7 Å². The molecule has 1 aromatic carbocycles. The van der Waals surface area contributed by atoms with Crippen molar-refractivity contribution in [3.63, 3.8) is 0 Å². The van der Waals surface area contributed by atoms with Crippen molar-refractivity contribution >= 4 is 17.8 Å². The summed E-state index contributed by atoms with van der Waals surface area (Å²) in [5.41, 5.74) is 3.15. The zero-order valence-corrected chi connectivity index (χ0v) is 14.3. The second-order valence-corrected chi connectivity index (χ2v) is 5.53. The fourth-order valence-electron chi connectivity index (χ4n) is 2.38. The Labute approximate surface area is 136 Å². The van der Waals surface area contributed by atoms with E-state index in [9.17, 15) is 14.4 Å². The fourth-order valence-corrected chi connectivity index (χ4v) is 2.38. The van der Waals surface area contributed by atoms with Gasteiger partial charge >= 0.3 is 5.97 Å². The molecule has 1 rings (SSSR count). The molecule has 6 heteroatoms. The first-order chi connectivity index (χ1) is 10.8. The van der Waals surface area contributed by atoms with Crippen molar-refractivity contribution in [3.05, 3.63) is 34.4 Å². The molecule has 23 heavy (non-hydrogen) atoms. The number of rotatable bonds is 6. The van der Waals surface area contributed by atoms with Crippen LogP contribution in [0.5, 0.6) is 0 Å². The van der Waals surface area contributed by atoms with E-state index in [1.54, 1.807) is 13.8 Å². The molecule has 6 nitrogen and oxygen atoms in total. The van der Waals surface area contributed by atoms with Crippen LogP contribution in [0.1, 0.15) is 40.9 Å². The van der Waals surface area contributed by atoms with E-state index in [4.69, 9.17) is 4.74 Å². The van der Waals surface area contributed by atoms with Crippen LogP contribution >= 0.6 is 0 Å². The smallest absolute Gasteiger partial charge is 0.339 e. The first-order valence-electron chi connectivity index (χ1n) is 7.58. The van der Waals surface area contributed by atoms with Gasteiger partial charge < -0.3 is 15.4 Å². The van der Waals surface area contributed by atoms with E-state index in [0.29, 0.717) is 12.1 Å². The van der Waals surface area contributed by atoms with Crippen molar-refractivity contribution in [2.75, 3.05) is 13.2 Å². The van der Waals surface area contributed by atoms with Crippen molar-refractivity contribution in [3.8, 4) is 0 Å². The van der Waals surface area contributed by atoms with E-state index in [2.05, 4.69) is 10.6 Å². The average Bonchev–Trinajstić information content (AvgIpc) is 2.44. The first-order valence-corrected chi connectivity index (χ1v) is 7.58. The predicted molar refractivity (Wildman–Crippen MR) is 87.2 cm³/mol. The van der Waals surface area contributed by atoms with Crippen molar-refractivity contribution in [1.29, 1.82) is 0 Å². The molecule has 0 radical (unpaired) electrons. The van der Waals surface area contributed by atoms with Gasteiger partial charge in [0.1, 0.15) is 6.04 Å². The summed E-state index contributed by atoms with van der Waals surface area (Å²) >= 11 is 0. The maximum atomic E-state index is 12.1. The molecule has 2 amide bonds. The van der Waals surface area contributed by atoms with Gasteiger partial charge in [0.25, 0.3) is 5.91 Å². The van der Waals surface area contributed by atoms with E-state index >= 15 is 0 Å². The summed E-state index contributed by atoms with van der Waals surface area (Å²) in [6.07, 6.45) is 0. The Balaban J connectivity index is 2.60. The molecule has 1 aromatic rings. The van der Waals surface area contributed by atoms with Gasteiger partial charge in [-0.15, -0.1) is 0 Å². The zero-order chi connectivity index (χ0) is 17.6. The minimum absolute atomic E-state index is 0.280. The predicted octanol–water partition coefficient (Wildman–Crippen LogP) is 1.41. The number of carbonyl (C=O) groups excluding carboxylic acids is 3. The van der Waals surface area contributed by atoms with Crippen molar-refractivity contribution in [2.24, 2.45) is 0 Å². The van der Waals surface area contributed by atoms with Crippen LogP contribution in [-0.4, -0.2) is 37.0 Å². The Morgan fingerprint density at radius 3 is 2.22 bits per heavy atom. The normalized spacial score (nSPS) is 11.5. The number of benzene rings is 1. The molecule has 0 aromatic heterocycles. The van der Waals surface area contributed by atoms with Crippen LogP contribution < -0.4 is 10.6 Å². The highest BCUT2D eigenvalue weighted by Crippen LogP contribution is 2.17. The minimum Gasteiger partial charge on any atom is -0.452 e. The van der Waals surface area contributed by atoms with Gasteiger partial charge in [-0.3, -0.25) is 9.59 Å². The number of hydrogen-bond acceptors (Lipinski definition) is 4. The van der Waals surface area contributed by atoms with Gasteiger partial charge in [-0.2, -0.15) is 0 Å². The van der Waals surface area contributed by atoms with Gasteiger partial charge in [0.15, 0.2) is 6.61 Å². The van der Waals surface area contributed by atoms with Crippen LogP contribution in [0.3, 0.4) is 0 Å². The lowest BCUT2D eigenvalue weighted by atomic mass is 10.00. The molecule has 126 valence electrons. The van der Waals surface area contributed by atoms with Crippen molar-refractivity contribution in [2.45, 2.75) is 40.7 Å². The molecule has 0 saturated heterocycles. The lowest BCUT2D eigenvalue weighted by Crippen LogP contribution is -2.46. The van der Waals surface area contributed by atoms with Gasteiger partial charge in [-0.05, 0) is 45.7 Å². The van der Waals surface area contributed by atoms with E-state index in [1.807, 2.05) is 32.9 Å². The molecule has 0 spiro atoms. The van der Waals surface area contributed by atoms with Gasteiger partial charge in [-0.25, -0.2) is 4.79 Å². The van der Waals surface area contributed by atoms with E-state index in [0.717, 1.165) is 16.7 Å². The maximum absolute atomic E-state index is 12.1. The summed E-state index contributed by atoms with van der Waals surface area (Å²) in [6, 6.07) is 3.10. The number of amides is 2. The number of nitrogens with one attached hydrogen (secondary N) is 2. The molecular formula is C17H24N2O4. The topological polar surface area (TPSA) is 84.5 Å². The van der Waals surface area contributed by atoms with Crippen molar-refractivity contribution in [1.82, 2.24) is 10.6 Å². The number of hydrogen-bond donors (Lipinski definition) is 2. The molecule has 2 N–H and O–H groups in total. The Hall–Kier alpha value is -2.37. The average molecular weight is 320 g/mol. The molecule has 0 bridgehead atoms. The van der Waals surface area contributed by atoms with Crippen LogP contribution in [0.4, 0.5) is 0 Å². The zero-order valence-electron chi connectivity index (χ0n) is 14.3. The SMILES string of the molecule is CCNC(=O)[C@@H](C)NC(=O)COC(=O)c1c(C)cc(C)cc1C. The third kappa shape index (κ3) is 5.39. The lowest BCUT2D eigenvalue weighted by Gasteiger charge is -2.14. The third-order valence-electron chi connectivity index (χ3n) is 3.34.